The average Bonchev–Trinajstić information content (AvgIpc) is 3.90. The molecule has 71 heavy (non-hydrogen) atoms. The molecular weight excluding hydrogens is 901 g/mol. The van der Waals surface area contributed by atoms with Gasteiger partial charge in [0.2, 0.25) is 23.7 Å². The lowest BCUT2D eigenvalue weighted by Gasteiger charge is -2.13. The van der Waals surface area contributed by atoms with Gasteiger partial charge in [0.1, 0.15) is 35.7 Å². The summed E-state index contributed by atoms with van der Waals surface area (Å²) in [5.74, 6) is 5.48. The summed E-state index contributed by atoms with van der Waals surface area (Å²) in [5, 5.41) is 0. The molecular formula is C54H48N10O7. The molecule has 0 radical (unpaired) electrons. The van der Waals surface area contributed by atoms with Crippen LogP contribution in [0.2, 0.25) is 0 Å². The Morgan fingerprint density at radius 1 is 0.408 bits per heavy atom. The van der Waals surface area contributed by atoms with Gasteiger partial charge >= 0.3 is 0 Å². The van der Waals surface area contributed by atoms with E-state index in [2.05, 4.69) is 19.9 Å². The third-order valence-corrected chi connectivity index (χ3v) is 11.8. The summed E-state index contributed by atoms with van der Waals surface area (Å²) in [6, 6.07) is 38.3. The monoisotopic (exact) mass is 948 g/mol. The second kappa shape index (κ2) is 20.1. The van der Waals surface area contributed by atoms with E-state index in [1.807, 2.05) is 118 Å². The maximum absolute atomic E-state index is 6.44. The zero-order valence-corrected chi connectivity index (χ0v) is 39.3. The average molecular weight is 949 g/mol. The maximum Gasteiger partial charge on any atom is 0.221 e. The first kappa shape index (κ1) is 45.4. The molecule has 0 atom stereocenters. The van der Waals surface area contributed by atoms with Gasteiger partial charge < -0.3 is 44.6 Å². The van der Waals surface area contributed by atoms with Crippen LogP contribution in [0.1, 0.15) is 22.3 Å². The van der Waals surface area contributed by atoms with Crippen LogP contribution in [0.25, 0.3) is 44.6 Å². The van der Waals surface area contributed by atoms with Crippen molar-refractivity contribution in [3.63, 3.8) is 0 Å². The molecule has 6 heterocycles. The molecule has 6 aromatic heterocycles. The highest BCUT2D eigenvalue weighted by atomic mass is 16.5. The normalized spacial score (nSPS) is 11.2. The van der Waals surface area contributed by atoms with Crippen molar-refractivity contribution in [2.45, 2.75) is 26.3 Å². The van der Waals surface area contributed by atoms with E-state index in [0.717, 1.165) is 56.0 Å². The topological polar surface area (TPSA) is 204 Å². The Morgan fingerprint density at radius 2 is 0.817 bits per heavy atom. The van der Waals surface area contributed by atoms with E-state index in [-0.39, 0.29) is 0 Å². The van der Waals surface area contributed by atoms with Crippen LogP contribution in [-0.2, 0) is 26.3 Å². The number of aromatic nitrogens is 8. The fraction of sp³-hybridized carbons (Fsp3) is 0.148. The first-order valence-corrected chi connectivity index (χ1v) is 22.4. The number of rotatable bonds is 18. The lowest BCUT2D eigenvalue weighted by molar-refractivity contribution is 0.284. The van der Waals surface area contributed by atoms with Gasteiger partial charge in [-0.2, -0.15) is 0 Å². The minimum atomic E-state index is 0.338. The first-order valence-electron chi connectivity index (χ1n) is 22.4. The second-order valence-corrected chi connectivity index (χ2v) is 16.4. The summed E-state index contributed by atoms with van der Waals surface area (Å²) < 4.78 is 43.8. The van der Waals surface area contributed by atoms with Gasteiger partial charge in [-0.1, -0.05) is 36.4 Å². The fourth-order valence-corrected chi connectivity index (χ4v) is 8.00. The minimum Gasteiger partial charge on any atom is -0.497 e. The molecule has 356 valence electrons. The molecule has 0 aliphatic rings. The van der Waals surface area contributed by atoms with Crippen molar-refractivity contribution >= 4 is 34.2 Å². The van der Waals surface area contributed by atoms with Crippen molar-refractivity contribution in [1.29, 1.82) is 0 Å². The SMILES string of the molecule is COc1ccc(COc2ccc(Cn3c(N)nc4cc(-c5ccc(Oc6ccc(-c7cnc8c(c7)nc(N)n8Cc7ccc(OCc8ccc(OC)cc8)c(OC)c7)cn6)nc5)cnc43)cc2OC)cc1. The number of pyridine rings is 4. The molecule has 0 bridgehead atoms. The Kier molecular flexibility index (Phi) is 12.8. The molecule has 4 aromatic carbocycles. The number of fused-ring (bicyclic) bond motifs is 2. The highest BCUT2D eigenvalue weighted by Gasteiger charge is 2.17. The number of imidazole rings is 2. The van der Waals surface area contributed by atoms with Crippen LogP contribution in [0.15, 0.2) is 146 Å². The number of hydrogen-bond acceptors (Lipinski definition) is 15. The van der Waals surface area contributed by atoms with Crippen LogP contribution < -0.4 is 44.6 Å². The van der Waals surface area contributed by atoms with Gasteiger partial charge in [-0.25, -0.2) is 29.9 Å². The smallest absolute Gasteiger partial charge is 0.221 e. The molecule has 0 saturated carbocycles. The van der Waals surface area contributed by atoms with Gasteiger partial charge in [0, 0.05) is 59.2 Å². The number of benzene rings is 4. The largest absolute Gasteiger partial charge is 0.497 e. The van der Waals surface area contributed by atoms with E-state index in [4.69, 9.17) is 54.6 Å². The van der Waals surface area contributed by atoms with E-state index < -0.39 is 0 Å². The van der Waals surface area contributed by atoms with Crippen molar-refractivity contribution < 1.29 is 33.2 Å². The molecule has 0 aliphatic heterocycles. The maximum atomic E-state index is 6.44. The summed E-state index contributed by atoms with van der Waals surface area (Å²) in [6.45, 7) is 1.62. The molecule has 0 aliphatic carbocycles. The Morgan fingerprint density at radius 3 is 1.20 bits per heavy atom. The number of methoxy groups -OCH3 is 4. The Bertz CT molecular complexity index is 3240. The lowest BCUT2D eigenvalue weighted by Crippen LogP contribution is -2.06. The molecule has 10 rings (SSSR count). The summed E-state index contributed by atoms with van der Waals surface area (Å²) >= 11 is 0. The first-order chi connectivity index (χ1) is 34.7. The van der Waals surface area contributed by atoms with Crippen LogP contribution in [0, 0.1) is 0 Å². The van der Waals surface area contributed by atoms with Gasteiger partial charge in [0.15, 0.2) is 34.3 Å². The van der Waals surface area contributed by atoms with Crippen LogP contribution in [0.4, 0.5) is 11.9 Å². The second-order valence-electron chi connectivity index (χ2n) is 16.4. The van der Waals surface area contributed by atoms with Crippen LogP contribution in [0.3, 0.4) is 0 Å². The summed E-state index contributed by atoms with van der Waals surface area (Å²) in [5.41, 5.74) is 22.7. The molecule has 0 spiro atoms. The molecule has 4 N–H and O–H groups in total. The van der Waals surface area contributed by atoms with E-state index in [9.17, 15) is 0 Å². The van der Waals surface area contributed by atoms with E-state index >= 15 is 0 Å². The summed E-state index contributed by atoms with van der Waals surface area (Å²) in [6.07, 6.45) is 6.98. The lowest BCUT2D eigenvalue weighted by atomic mass is 10.1. The van der Waals surface area contributed by atoms with E-state index in [1.165, 1.54) is 0 Å². The number of anilines is 2. The number of nitrogen functional groups attached to an aromatic ring is 2. The molecule has 0 fully saturated rings. The number of ether oxygens (including phenoxy) is 7. The minimum absolute atomic E-state index is 0.338. The quantitative estimate of drug-likeness (QED) is 0.0822. The van der Waals surface area contributed by atoms with Crippen LogP contribution in [0.5, 0.6) is 46.3 Å². The fourth-order valence-electron chi connectivity index (χ4n) is 8.00. The Balaban J connectivity index is 0.760. The van der Waals surface area contributed by atoms with Crippen LogP contribution >= 0.6 is 0 Å². The molecule has 0 unspecified atom stereocenters. The number of nitrogens with zero attached hydrogens (tertiary/aromatic N) is 8. The third kappa shape index (κ3) is 9.96. The number of hydrogen-bond donors (Lipinski definition) is 2. The Labute approximate surface area is 408 Å². The highest BCUT2D eigenvalue weighted by Crippen LogP contribution is 2.34. The van der Waals surface area contributed by atoms with Crippen molar-refractivity contribution in [2.24, 2.45) is 0 Å². The van der Waals surface area contributed by atoms with Crippen molar-refractivity contribution in [2.75, 3.05) is 39.9 Å². The van der Waals surface area contributed by atoms with Crippen molar-refractivity contribution in [3.05, 3.63) is 168 Å². The summed E-state index contributed by atoms with van der Waals surface area (Å²) in [7, 11) is 6.51. The van der Waals surface area contributed by atoms with Crippen LogP contribution in [-0.4, -0.2) is 67.5 Å². The van der Waals surface area contributed by atoms with Crippen molar-refractivity contribution in [1.82, 2.24) is 39.0 Å². The molecule has 17 heteroatoms. The van der Waals surface area contributed by atoms with Gasteiger partial charge in [-0.3, -0.25) is 9.13 Å². The molecule has 0 amide bonds. The standard InChI is InChI=1S/C54H48N10O7/c1-65-41-13-5-33(6-14-41)31-69-45-17-9-35(21-47(45)67-3)29-63-51-43(61-53(63)55)23-39(27-59-51)37-11-19-49(57-25-37)71-50-20-12-38(26-58-50)40-24-44-52(60-28-40)64(54(56)62-44)30-36-10-18-46(48(22-36)68-4)70-32-34-7-15-42(66-2)16-8-34/h5-28H,29-32H2,1-4H3,(H2,55,61)(H2,56,62). The highest BCUT2D eigenvalue weighted by molar-refractivity contribution is 5.81. The Hall–Kier alpha value is -9.38. The van der Waals surface area contributed by atoms with E-state index in [1.54, 1.807) is 65.4 Å². The summed E-state index contributed by atoms with van der Waals surface area (Å²) in [4.78, 5) is 27.9. The third-order valence-electron chi connectivity index (χ3n) is 11.8. The molecule has 0 saturated heterocycles. The number of nitrogens with two attached hydrogens (primary N) is 2. The molecule has 10 aromatic rings. The predicted molar refractivity (Wildman–Crippen MR) is 269 cm³/mol. The zero-order valence-electron chi connectivity index (χ0n) is 39.3. The predicted octanol–water partition coefficient (Wildman–Crippen LogP) is 9.55. The van der Waals surface area contributed by atoms with Gasteiger partial charge in [0.05, 0.1) is 41.5 Å². The van der Waals surface area contributed by atoms with Crippen molar-refractivity contribution in [3.8, 4) is 68.5 Å². The molecule has 17 nitrogen and oxygen atoms in total. The van der Waals surface area contributed by atoms with Gasteiger partial charge in [-0.05, 0) is 95.1 Å². The van der Waals surface area contributed by atoms with E-state index in [0.29, 0.717) is 95.3 Å². The zero-order chi connectivity index (χ0) is 48.8. The van der Waals surface area contributed by atoms with Gasteiger partial charge in [-0.15, -0.1) is 0 Å². The van der Waals surface area contributed by atoms with Gasteiger partial charge in [0.25, 0.3) is 0 Å².